The number of para-hydroxylation sites is 1. The molecule has 1 aliphatic rings. The van der Waals surface area contributed by atoms with Gasteiger partial charge in [-0.25, -0.2) is 0 Å². The average molecular weight is 176 g/mol. The van der Waals surface area contributed by atoms with Crippen molar-refractivity contribution in [2.45, 2.75) is 13.0 Å². The Bertz CT molecular complexity index is 342. The molecule has 2 heteroatoms. The van der Waals surface area contributed by atoms with Gasteiger partial charge in [-0.1, -0.05) is 18.2 Å². The number of hydrogen-bond donors (Lipinski definition) is 1. The van der Waals surface area contributed by atoms with E-state index in [2.05, 4.69) is 0 Å². The van der Waals surface area contributed by atoms with Crippen LogP contribution in [0.1, 0.15) is 12.5 Å². The van der Waals surface area contributed by atoms with Crippen molar-refractivity contribution < 1.29 is 9.84 Å². The first-order valence-corrected chi connectivity index (χ1v) is 4.38. The van der Waals surface area contributed by atoms with Crippen LogP contribution in [-0.4, -0.2) is 17.8 Å². The summed E-state index contributed by atoms with van der Waals surface area (Å²) in [5.41, 5.74) is 1.98. The predicted molar refractivity (Wildman–Crippen MR) is 51.6 cm³/mol. The number of ether oxygens (including phenoxy) is 1. The largest absolute Gasteiger partial charge is 0.486 e. The lowest BCUT2D eigenvalue weighted by molar-refractivity contribution is 0.222. The van der Waals surface area contributed by atoms with Gasteiger partial charge in [0.05, 0.1) is 6.61 Å². The van der Waals surface area contributed by atoms with E-state index in [0.717, 1.165) is 16.9 Å². The lowest BCUT2D eigenvalue weighted by Crippen LogP contribution is -2.20. The highest BCUT2D eigenvalue weighted by Crippen LogP contribution is 2.28. The SMILES string of the molecule is CC1Oc2ccccc2C=C1CO. The number of aliphatic hydroxyl groups excluding tert-OH is 1. The van der Waals surface area contributed by atoms with E-state index >= 15 is 0 Å². The van der Waals surface area contributed by atoms with Gasteiger partial charge in [0.1, 0.15) is 11.9 Å². The molecule has 1 aromatic carbocycles. The molecule has 2 rings (SSSR count). The fraction of sp³-hybridized carbons (Fsp3) is 0.273. The monoisotopic (exact) mass is 176 g/mol. The molecule has 0 aromatic heterocycles. The molecular weight excluding hydrogens is 164 g/mol. The second-order valence-electron chi connectivity index (χ2n) is 3.18. The fourth-order valence-electron chi connectivity index (χ4n) is 1.46. The predicted octanol–water partition coefficient (Wildman–Crippen LogP) is 1.84. The van der Waals surface area contributed by atoms with E-state index in [1.165, 1.54) is 0 Å². The maximum atomic E-state index is 9.04. The zero-order valence-electron chi connectivity index (χ0n) is 7.53. The van der Waals surface area contributed by atoms with Crippen LogP contribution in [-0.2, 0) is 0 Å². The summed E-state index contributed by atoms with van der Waals surface area (Å²) in [6, 6.07) is 7.83. The number of benzene rings is 1. The van der Waals surface area contributed by atoms with Crippen molar-refractivity contribution in [1.29, 1.82) is 0 Å². The van der Waals surface area contributed by atoms with Crippen LogP contribution in [0.15, 0.2) is 29.8 Å². The molecule has 0 spiro atoms. The maximum absolute atomic E-state index is 9.04. The molecule has 0 aliphatic carbocycles. The third-order valence-electron chi connectivity index (χ3n) is 2.27. The van der Waals surface area contributed by atoms with Crippen molar-refractivity contribution in [3.05, 3.63) is 35.4 Å². The minimum absolute atomic E-state index is 0.0140. The minimum Gasteiger partial charge on any atom is -0.486 e. The molecule has 68 valence electrons. The summed E-state index contributed by atoms with van der Waals surface area (Å²) in [4.78, 5) is 0. The molecule has 0 fully saturated rings. The summed E-state index contributed by atoms with van der Waals surface area (Å²) < 4.78 is 5.61. The standard InChI is InChI=1S/C11H12O2/c1-8-10(7-12)6-9-4-2-3-5-11(9)13-8/h2-6,8,12H,7H2,1H3. The highest BCUT2D eigenvalue weighted by Gasteiger charge is 2.16. The molecule has 0 radical (unpaired) electrons. The number of hydrogen-bond acceptors (Lipinski definition) is 2. The van der Waals surface area contributed by atoms with Gasteiger partial charge in [0, 0.05) is 5.56 Å². The number of rotatable bonds is 1. The molecule has 1 unspecified atom stereocenters. The van der Waals surface area contributed by atoms with Crippen molar-refractivity contribution in [1.82, 2.24) is 0 Å². The van der Waals surface area contributed by atoms with E-state index < -0.39 is 0 Å². The lowest BCUT2D eigenvalue weighted by Gasteiger charge is -2.23. The Labute approximate surface area is 77.5 Å². The summed E-state index contributed by atoms with van der Waals surface area (Å²) in [5.74, 6) is 0.896. The van der Waals surface area contributed by atoms with Gasteiger partial charge in [-0.2, -0.15) is 0 Å². The second kappa shape index (κ2) is 3.23. The highest BCUT2D eigenvalue weighted by molar-refractivity contribution is 5.62. The van der Waals surface area contributed by atoms with Crippen LogP contribution in [0, 0.1) is 0 Å². The average Bonchev–Trinajstić information content (AvgIpc) is 2.17. The highest BCUT2D eigenvalue weighted by atomic mass is 16.5. The topological polar surface area (TPSA) is 29.5 Å². The summed E-state index contributed by atoms with van der Waals surface area (Å²) in [7, 11) is 0. The third-order valence-corrected chi connectivity index (χ3v) is 2.27. The van der Waals surface area contributed by atoms with E-state index in [-0.39, 0.29) is 12.7 Å². The molecular formula is C11H12O2. The Kier molecular flexibility index (Phi) is 2.07. The van der Waals surface area contributed by atoms with Crippen LogP contribution >= 0.6 is 0 Å². The van der Waals surface area contributed by atoms with Crippen LogP contribution in [0.4, 0.5) is 0 Å². The zero-order valence-corrected chi connectivity index (χ0v) is 7.53. The van der Waals surface area contributed by atoms with E-state index in [1.54, 1.807) is 0 Å². The number of fused-ring (bicyclic) bond motifs is 1. The van der Waals surface area contributed by atoms with Gasteiger partial charge in [0.25, 0.3) is 0 Å². The number of aliphatic hydroxyl groups is 1. The molecule has 1 atom stereocenters. The summed E-state index contributed by atoms with van der Waals surface area (Å²) in [6.07, 6.45) is 1.98. The van der Waals surface area contributed by atoms with Crippen molar-refractivity contribution in [2.24, 2.45) is 0 Å². The van der Waals surface area contributed by atoms with Gasteiger partial charge in [-0.05, 0) is 24.6 Å². The lowest BCUT2D eigenvalue weighted by atomic mass is 10.0. The van der Waals surface area contributed by atoms with Gasteiger partial charge >= 0.3 is 0 Å². The van der Waals surface area contributed by atoms with Crippen molar-refractivity contribution in [2.75, 3.05) is 6.61 Å². The van der Waals surface area contributed by atoms with E-state index in [4.69, 9.17) is 9.84 Å². The van der Waals surface area contributed by atoms with Crippen LogP contribution < -0.4 is 4.74 Å². The Hall–Kier alpha value is -1.28. The first kappa shape index (κ1) is 8.32. The molecule has 13 heavy (non-hydrogen) atoms. The first-order chi connectivity index (χ1) is 6.31. The molecule has 0 saturated heterocycles. The Morgan fingerprint density at radius 3 is 2.92 bits per heavy atom. The second-order valence-corrected chi connectivity index (χ2v) is 3.18. The van der Waals surface area contributed by atoms with Gasteiger partial charge in [0.15, 0.2) is 0 Å². The quantitative estimate of drug-likeness (QED) is 0.707. The molecule has 1 N–H and O–H groups in total. The maximum Gasteiger partial charge on any atom is 0.127 e. The van der Waals surface area contributed by atoms with Crippen LogP contribution in [0.3, 0.4) is 0 Å². The summed E-state index contributed by atoms with van der Waals surface area (Å²) in [5, 5.41) is 9.04. The molecule has 0 bridgehead atoms. The van der Waals surface area contributed by atoms with Crippen LogP contribution in [0.25, 0.3) is 6.08 Å². The van der Waals surface area contributed by atoms with Crippen LogP contribution in [0.2, 0.25) is 0 Å². The molecule has 2 nitrogen and oxygen atoms in total. The molecule has 0 amide bonds. The van der Waals surface area contributed by atoms with Crippen molar-refractivity contribution in [3.8, 4) is 5.75 Å². The van der Waals surface area contributed by atoms with E-state index in [9.17, 15) is 0 Å². The Morgan fingerprint density at radius 2 is 2.15 bits per heavy atom. The minimum atomic E-state index is -0.0140. The van der Waals surface area contributed by atoms with E-state index in [1.807, 2.05) is 37.3 Å². The molecule has 1 aromatic rings. The summed E-state index contributed by atoms with van der Waals surface area (Å²) in [6.45, 7) is 2.01. The van der Waals surface area contributed by atoms with Gasteiger partial charge in [0.2, 0.25) is 0 Å². The van der Waals surface area contributed by atoms with Crippen molar-refractivity contribution in [3.63, 3.8) is 0 Å². The normalized spacial score (nSPS) is 20.2. The van der Waals surface area contributed by atoms with Gasteiger partial charge in [-0.15, -0.1) is 0 Å². The Balaban J connectivity index is 2.44. The third kappa shape index (κ3) is 1.45. The zero-order chi connectivity index (χ0) is 9.26. The summed E-state index contributed by atoms with van der Waals surface area (Å²) >= 11 is 0. The van der Waals surface area contributed by atoms with Gasteiger partial charge < -0.3 is 9.84 Å². The van der Waals surface area contributed by atoms with Gasteiger partial charge in [-0.3, -0.25) is 0 Å². The molecule has 0 saturated carbocycles. The smallest absolute Gasteiger partial charge is 0.127 e. The first-order valence-electron chi connectivity index (χ1n) is 4.38. The molecule has 1 aliphatic heterocycles. The molecule has 1 heterocycles. The fourth-order valence-corrected chi connectivity index (χ4v) is 1.46. The van der Waals surface area contributed by atoms with E-state index in [0.29, 0.717) is 0 Å². The van der Waals surface area contributed by atoms with Crippen LogP contribution in [0.5, 0.6) is 5.75 Å². The Morgan fingerprint density at radius 1 is 1.38 bits per heavy atom. The van der Waals surface area contributed by atoms with Crippen molar-refractivity contribution >= 4 is 6.08 Å².